The van der Waals surface area contributed by atoms with Crippen LogP contribution in [0.15, 0.2) is 6.07 Å². The fourth-order valence-electron chi connectivity index (χ4n) is 1.51. The average molecular weight is 225 g/mol. The molecule has 0 spiro atoms. The number of carboxylic acids is 1. The Morgan fingerprint density at radius 3 is 2.44 bits per heavy atom. The van der Waals surface area contributed by atoms with Gasteiger partial charge in [-0.1, -0.05) is 0 Å². The molecule has 0 aliphatic heterocycles. The number of hydrogen-bond acceptors (Lipinski definition) is 4. The molecule has 0 radical (unpaired) electrons. The van der Waals surface area contributed by atoms with Gasteiger partial charge in [-0.3, -0.25) is 4.79 Å². The Kier molecular flexibility index (Phi) is 3.39. The van der Waals surface area contributed by atoms with E-state index in [1.165, 1.54) is 13.2 Å². The molecule has 0 bridgehead atoms. The first-order valence-electron chi connectivity index (χ1n) is 4.75. The van der Waals surface area contributed by atoms with E-state index in [2.05, 4.69) is 0 Å². The first-order chi connectivity index (χ1) is 7.40. The Hall–Kier alpha value is -1.75. The monoisotopic (exact) mass is 225 g/mol. The van der Waals surface area contributed by atoms with Gasteiger partial charge in [0.25, 0.3) is 0 Å². The Labute approximate surface area is 93.5 Å². The quantitative estimate of drug-likeness (QED) is 0.716. The summed E-state index contributed by atoms with van der Waals surface area (Å²) < 4.78 is 4.95. The lowest BCUT2D eigenvalue weighted by molar-refractivity contribution is -0.138. The van der Waals surface area contributed by atoms with Crippen LogP contribution in [-0.2, 0) is 4.79 Å². The van der Waals surface area contributed by atoms with E-state index < -0.39 is 12.0 Å². The van der Waals surface area contributed by atoms with E-state index in [1.807, 2.05) is 0 Å². The number of methoxy groups -OCH3 is 1. The molecule has 0 amide bonds. The molecule has 0 aromatic heterocycles. The van der Waals surface area contributed by atoms with Gasteiger partial charge >= 0.3 is 5.97 Å². The van der Waals surface area contributed by atoms with Crippen LogP contribution in [0.3, 0.4) is 0 Å². The van der Waals surface area contributed by atoms with Crippen molar-refractivity contribution in [3.8, 4) is 11.5 Å². The van der Waals surface area contributed by atoms with Crippen LogP contribution in [0.1, 0.15) is 22.7 Å². The number of ether oxygens (including phenoxy) is 1. The van der Waals surface area contributed by atoms with Gasteiger partial charge in [0.1, 0.15) is 6.04 Å². The highest BCUT2D eigenvalue weighted by Crippen LogP contribution is 2.35. The summed E-state index contributed by atoms with van der Waals surface area (Å²) in [4.78, 5) is 10.8. The van der Waals surface area contributed by atoms with E-state index in [4.69, 9.17) is 15.6 Å². The zero-order valence-corrected chi connectivity index (χ0v) is 9.44. The SMILES string of the molecule is COc1cc(C(N)C(=O)O)c(C)c(C)c1O. The molecule has 0 fully saturated rings. The minimum absolute atomic E-state index is 0.0151. The maximum absolute atomic E-state index is 10.8. The number of benzene rings is 1. The fraction of sp³-hybridized carbons (Fsp3) is 0.364. The molecule has 0 saturated carbocycles. The third-order valence-electron chi connectivity index (χ3n) is 2.69. The van der Waals surface area contributed by atoms with E-state index >= 15 is 0 Å². The van der Waals surface area contributed by atoms with Crippen LogP contribution >= 0.6 is 0 Å². The lowest BCUT2D eigenvalue weighted by Crippen LogP contribution is -2.22. The lowest BCUT2D eigenvalue weighted by atomic mass is 9.96. The number of nitrogens with two attached hydrogens (primary N) is 1. The number of phenolic OH excluding ortho intramolecular Hbond substituents is 1. The summed E-state index contributed by atoms with van der Waals surface area (Å²) in [5.41, 5.74) is 7.22. The van der Waals surface area contributed by atoms with Gasteiger partial charge in [0.05, 0.1) is 7.11 Å². The van der Waals surface area contributed by atoms with Crippen molar-refractivity contribution >= 4 is 5.97 Å². The van der Waals surface area contributed by atoms with Crippen LogP contribution in [0.2, 0.25) is 0 Å². The highest BCUT2D eigenvalue weighted by atomic mass is 16.5. The maximum Gasteiger partial charge on any atom is 0.325 e. The summed E-state index contributed by atoms with van der Waals surface area (Å²) in [7, 11) is 1.40. The zero-order chi connectivity index (χ0) is 12.5. The first-order valence-corrected chi connectivity index (χ1v) is 4.75. The van der Waals surface area contributed by atoms with Crippen molar-refractivity contribution in [3.05, 3.63) is 22.8 Å². The highest BCUT2D eigenvalue weighted by Gasteiger charge is 2.21. The smallest absolute Gasteiger partial charge is 0.325 e. The average Bonchev–Trinajstić information content (AvgIpc) is 2.25. The summed E-state index contributed by atoms with van der Waals surface area (Å²) >= 11 is 0. The van der Waals surface area contributed by atoms with Gasteiger partial charge in [-0.15, -0.1) is 0 Å². The fourth-order valence-corrected chi connectivity index (χ4v) is 1.51. The Balaban J connectivity index is 3.41. The molecule has 0 heterocycles. The third kappa shape index (κ3) is 1.94. The molecule has 1 atom stereocenters. The van der Waals surface area contributed by atoms with Crippen LogP contribution < -0.4 is 10.5 Å². The van der Waals surface area contributed by atoms with Crippen molar-refractivity contribution in [2.24, 2.45) is 5.73 Å². The van der Waals surface area contributed by atoms with Crippen LogP contribution in [0, 0.1) is 13.8 Å². The van der Waals surface area contributed by atoms with Gasteiger partial charge in [0.2, 0.25) is 0 Å². The molecule has 0 saturated heterocycles. The standard InChI is InChI=1S/C11H15NO4/c1-5-6(2)10(13)8(16-3)4-7(5)9(12)11(14)15/h4,9,13H,12H2,1-3H3,(H,14,15). The summed E-state index contributed by atoms with van der Waals surface area (Å²) in [6, 6.07) is 0.337. The molecule has 1 aromatic rings. The molecule has 5 nitrogen and oxygen atoms in total. The molecule has 5 heteroatoms. The zero-order valence-electron chi connectivity index (χ0n) is 9.44. The van der Waals surface area contributed by atoms with Crippen molar-refractivity contribution in [2.45, 2.75) is 19.9 Å². The minimum atomic E-state index is -1.12. The Morgan fingerprint density at radius 2 is 2.00 bits per heavy atom. The predicted octanol–water partition coefficient (Wildman–Crippen LogP) is 1.10. The largest absolute Gasteiger partial charge is 0.504 e. The van der Waals surface area contributed by atoms with E-state index in [9.17, 15) is 9.90 Å². The molecular weight excluding hydrogens is 210 g/mol. The number of rotatable bonds is 3. The maximum atomic E-state index is 10.8. The van der Waals surface area contributed by atoms with Gasteiger partial charge in [-0.25, -0.2) is 0 Å². The van der Waals surface area contributed by atoms with Gasteiger partial charge in [0, 0.05) is 0 Å². The number of aromatic hydroxyl groups is 1. The van der Waals surface area contributed by atoms with E-state index in [1.54, 1.807) is 13.8 Å². The van der Waals surface area contributed by atoms with Crippen LogP contribution in [-0.4, -0.2) is 23.3 Å². The van der Waals surface area contributed by atoms with Crippen molar-refractivity contribution in [2.75, 3.05) is 7.11 Å². The number of aliphatic carboxylic acids is 1. The molecule has 0 aliphatic carbocycles. The minimum Gasteiger partial charge on any atom is -0.504 e. The molecule has 0 aliphatic rings. The molecule has 1 aromatic carbocycles. The van der Waals surface area contributed by atoms with Gasteiger partial charge < -0.3 is 20.7 Å². The van der Waals surface area contributed by atoms with E-state index in [0.29, 0.717) is 16.7 Å². The second kappa shape index (κ2) is 4.40. The second-order valence-corrected chi connectivity index (χ2v) is 3.58. The van der Waals surface area contributed by atoms with Crippen LogP contribution in [0.5, 0.6) is 11.5 Å². The van der Waals surface area contributed by atoms with Crippen molar-refractivity contribution in [3.63, 3.8) is 0 Å². The predicted molar refractivity (Wildman–Crippen MR) is 58.7 cm³/mol. The van der Waals surface area contributed by atoms with E-state index in [0.717, 1.165) is 0 Å². The summed E-state index contributed by atoms with van der Waals surface area (Å²) in [6.45, 7) is 3.40. The summed E-state index contributed by atoms with van der Waals surface area (Å²) in [5.74, 6) is -0.869. The Bertz CT molecular complexity index is 428. The first kappa shape index (κ1) is 12.3. The van der Waals surface area contributed by atoms with Crippen LogP contribution in [0.4, 0.5) is 0 Å². The van der Waals surface area contributed by atoms with Gasteiger partial charge in [-0.2, -0.15) is 0 Å². The highest BCUT2D eigenvalue weighted by molar-refractivity contribution is 5.76. The van der Waals surface area contributed by atoms with E-state index in [-0.39, 0.29) is 11.5 Å². The molecular formula is C11H15NO4. The Morgan fingerprint density at radius 1 is 1.44 bits per heavy atom. The lowest BCUT2D eigenvalue weighted by Gasteiger charge is -2.16. The summed E-state index contributed by atoms with van der Waals surface area (Å²) in [6.07, 6.45) is 0. The van der Waals surface area contributed by atoms with Crippen LogP contribution in [0.25, 0.3) is 0 Å². The number of carbonyl (C=O) groups is 1. The number of hydrogen-bond donors (Lipinski definition) is 3. The molecule has 1 rings (SSSR count). The summed E-state index contributed by atoms with van der Waals surface area (Å²) in [5, 5.41) is 18.6. The molecule has 88 valence electrons. The van der Waals surface area contributed by atoms with Crippen molar-refractivity contribution in [1.82, 2.24) is 0 Å². The number of carboxylic acid groups (broad SMARTS) is 1. The second-order valence-electron chi connectivity index (χ2n) is 3.58. The molecule has 16 heavy (non-hydrogen) atoms. The third-order valence-corrected chi connectivity index (χ3v) is 2.69. The van der Waals surface area contributed by atoms with Gasteiger partial charge in [-0.05, 0) is 36.6 Å². The topological polar surface area (TPSA) is 92.8 Å². The molecule has 4 N–H and O–H groups in total. The van der Waals surface area contributed by atoms with Gasteiger partial charge in [0.15, 0.2) is 11.5 Å². The van der Waals surface area contributed by atoms with Crippen molar-refractivity contribution < 1.29 is 19.7 Å². The number of phenols is 1. The van der Waals surface area contributed by atoms with Crippen molar-refractivity contribution in [1.29, 1.82) is 0 Å². The molecule has 1 unspecified atom stereocenters. The normalized spacial score (nSPS) is 12.2.